The molecule has 1 saturated heterocycles. The van der Waals surface area contributed by atoms with Crippen LogP contribution in [0.5, 0.6) is 0 Å². The fourth-order valence-electron chi connectivity index (χ4n) is 7.41. The topological polar surface area (TPSA) is 61.8 Å². The maximum absolute atomic E-state index is 13.5. The summed E-state index contributed by atoms with van der Waals surface area (Å²) in [5.74, 6) is 2.18. The van der Waals surface area contributed by atoms with Crippen LogP contribution in [0.4, 0.5) is 0 Å². The number of unbranched alkanes of at least 4 members (excludes halogenated alkanes) is 1. The van der Waals surface area contributed by atoms with Crippen molar-refractivity contribution in [3.63, 3.8) is 0 Å². The summed E-state index contributed by atoms with van der Waals surface area (Å²) in [5, 5.41) is 15.5. The molecule has 3 aliphatic rings. The third-order valence-corrected chi connectivity index (χ3v) is 9.32. The number of methoxy groups -OCH3 is 1. The molecule has 3 atom stereocenters. The summed E-state index contributed by atoms with van der Waals surface area (Å²) < 4.78 is 5.27. The van der Waals surface area contributed by atoms with Crippen LogP contribution in [-0.4, -0.2) is 61.9 Å². The molecule has 0 unspecified atom stereocenters. The third kappa shape index (κ3) is 8.20. The fraction of sp³-hybridized carbons (Fsp3) is 0.966. The molecule has 1 aliphatic heterocycles. The van der Waals surface area contributed by atoms with Crippen LogP contribution in [0.2, 0.25) is 0 Å². The second-order valence-electron chi connectivity index (χ2n) is 11.8. The lowest BCUT2D eigenvalue weighted by atomic mass is 9.66. The fourth-order valence-corrected chi connectivity index (χ4v) is 7.41. The Labute approximate surface area is 209 Å². The number of nitrogens with one attached hydrogen (secondary N) is 1. The zero-order chi connectivity index (χ0) is 24.2. The number of aliphatic hydroxyl groups is 1. The quantitative estimate of drug-likeness (QED) is 0.341. The molecular weight excluding hydrogens is 424 g/mol. The van der Waals surface area contributed by atoms with Crippen LogP contribution >= 0.6 is 0 Å². The molecule has 0 radical (unpaired) electrons. The van der Waals surface area contributed by atoms with Crippen LogP contribution in [0.3, 0.4) is 0 Å². The van der Waals surface area contributed by atoms with E-state index in [4.69, 9.17) is 4.74 Å². The Morgan fingerprint density at radius 1 is 1.00 bits per heavy atom. The predicted molar refractivity (Wildman–Crippen MR) is 140 cm³/mol. The minimum Gasteiger partial charge on any atom is -0.389 e. The highest BCUT2D eigenvalue weighted by molar-refractivity contribution is 5.76. The highest BCUT2D eigenvalue weighted by Gasteiger charge is 2.45. The number of ether oxygens (including phenoxy) is 1. The van der Waals surface area contributed by atoms with Crippen molar-refractivity contribution in [1.82, 2.24) is 10.2 Å². The molecule has 0 aromatic heterocycles. The Morgan fingerprint density at radius 2 is 1.68 bits per heavy atom. The molecule has 2 aliphatic carbocycles. The Kier molecular flexibility index (Phi) is 12.2. The summed E-state index contributed by atoms with van der Waals surface area (Å²) in [4.78, 5) is 15.6. The van der Waals surface area contributed by atoms with E-state index < -0.39 is 5.60 Å². The number of rotatable bonds is 13. The number of carbonyl (C=O) groups is 1. The molecule has 0 bridgehead atoms. The van der Waals surface area contributed by atoms with E-state index in [0.29, 0.717) is 24.2 Å². The number of piperidine rings is 1. The first-order chi connectivity index (χ1) is 16.6. The average Bonchev–Trinajstić information content (AvgIpc) is 2.88. The second kappa shape index (κ2) is 14.8. The van der Waals surface area contributed by atoms with Crippen LogP contribution in [0, 0.1) is 23.7 Å². The molecule has 2 N–H and O–H groups in total. The Bertz CT molecular complexity index is 574. The Morgan fingerprint density at radius 3 is 2.35 bits per heavy atom. The third-order valence-electron chi connectivity index (χ3n) is 9.32. The van der Waals surface area contributed by atoms with E-state index in [0.717, 1.165) is 77.1 Å². The molecule has 5 nitrogen and oxygen atoms in total. The first-order valence-corrected chi connectivity index (χ1v) is 14.7. The smallest absolute Gasteiger partial charge is 0.222 e. The van der Waals surface area contributed by atoms with Gasteiger partial charge < -0.3 is 20.1 Å². The predicted octanol–water partition coefficient (Wildman–Crippen LogP) is 5.55. The molecule has 2 saturated carbocycles. The Balaban J connectivity index is 1.60. The summed E-state index contributed by atoms with van der Waals surface area (Å²) in [5.41, 5.74) is -0.625. The summed E-state index contributed by atoms with van der Waals surface area (Å²) in [6.45, 7) is 3.33. The summed E-state index contributed by atoms with van der Waals surface area (Å²) in [6.07, 6.45) is 19.7. The van der Waals surface area contributed by atoms with Gasteiger partial charge in [0.25, 0.3) is 0 Å². The standard InChI is InChI=1S/C29H54N2O3/c1-30-22-25(20-24-12-5-3-6-13-24)21-28(32)31-18-11-16-27(23-31)29(33,17-9-10-19-34-2)26-14-7-4-8-15-26/h24-27,30,33H,3-23H2,1-2H3/t25-,27-,29-/m1/s1. The van der Waals surface area contributed by atoms with Gasteiger partial charge in [0.15, 0.2) is 0 Å². The lowest BCUT2D eigenvalue weighted by molar-refractivity contribution is -0.142. The van der Waals surface area contributed by atoms with Crippen molar-refractivity contribution in [2.75, 3.05) is 40.4 Å². The molecule has 1 amide bonds. The van der Waals surface area contributed by atoms with E-state index in [2.05, 4.69) is 10.2 Å². The van der Waals surface area contributed by atoms with Crippen molar-refractivity contribution in [1.29, 1.82) is 0 Å². The molecule has 0 aromatic carbocycles. The Hall–Kier alpha value is -0.650. The molecule has 5 heteroatoms. The molecule has 1 heterocycles. The molecular formula is C29H54N2O3. The maximum Gasteiger partial charge on any atom is 0.222 e. The zero-order valence-corrected chi connectivity index (χ0v) is 22.4. The molecule has 3 rings (SSSR count). The first-order valence-electron chi connectivity index (χ1n) is 14.7. The van der Waals surface area contributed by atoms with E-state index in [1.165, 1.54) is 57.8 Å². The van der Waals surface area contributed by atoms with Crippen LogP contribution in [0.15, 0.2) is 0 Å². The van der Waals surface area contributed by atoms with Gasteiger partial charge in [0.05, 0.1) is 5.60 Å². The normalized spacial score (nSPS) is 25.7. The number of hydrogen-bond donors (Lipinski definition) is 2. The van der Waals surface area contributed by atoms with Crippen LogP contribution in [0.25, 0.3) is 0 Å². The molecule has 0 spiro atoms. The number of hydrogen-bond acceptors (Lipinski definition) is 4. The van der Waals surface area contributed by atoms with Crippen molar-refractivity contribution in [3.8, 4) is 0 Å². The van der Waals surface area contributed by atoms with E-state index in [9.17, 15) is 9.90 Å². The van der Waals surface area contributed by atoms with Crippen LogP contribution in [-0.2, 0) is 9.53 Å². The van der Waals surface area contributed by atoms with Gasteiger partial charge in [-0.05, 0) is 82.7 Å². The van der Waals surface area contributed by atoms with Crippen LogP contribution < -0.4 is 5.32 Å². The largest absolute Gasteiger partial charge is 0.389 e. The van der Waals surface area contributed by atoms with Gasteiger partial charge in [-0.25, -0.2) is 0 Å². The van der Waals surface area contributed by atoms with Gasteiger partial charge in [0.2, 0.25) is 5.91 Å². The number of nitrogens with zero attached hydrogens (tertiary/aromatic N) is 1. The monoisotopic (exact) mass is 478 g/mol. The van der Waals surface area contributed by atoms with E-state index >= 15 is 0 Å². The van der Waals surface area contributed by atoms with Gasteiger partial charge in [-0.2, -0.15) is 0 Å². The average molecular weight is 479 g/mol. The van der Waals surface area contributed by atoms with Crippen molar-refractivity contribution < 1.29 is 14.6 Å². The first kappa shape index (κ1) is 27.9. The molecule has 3 fully saturated rings. The van der Waals surface area contributed by atoms with Crippen molar-refractivity contribution in [3.05, 3.63) is 0 Å². The van der Waals surface area contributed by atoms with E-state index in [-0.39, 0.29) is 5.92 Å². The highest BCUT2D eigenvalue weighted by atomic mass is 16.5. The van der Waals surface area contributed by atoms with Gasteiger partial charge in [0.1, 0.15) is 0 Å². The number of carbonyl (C=O) groups excluding carboxylic acids is 1. The van der Waals surface area contributed by atoms with Crippen molar-refractivity contribution in [2.45, 2.75) is 115 Å². The van der Waals surface area contributed by atoms with Gasteiger partial charge in [-0.15, -0.1) is 0 Å². The van der Waals surface area contributed by atoms with E-state index in [1.807, 2.05) is 7.05 Å². The zero-order valence-electron chi connectivity index (χ0n) is 22.4. The molecule has 198 valence electrons. The van der Waals surface area contributed by atoms with Gasteiger partial charge in [-0.3, -0.25) is 4.79 Å². The minimum absolute atomic E-state index is 0.219. The molecule has 34 heavy (non-hydrogen) atoms. The second-order valence-corrected chi connectivity index (χ2v) is 11.8. The van der Waals surface area contributed by atoms with Gasteiger partial charge >= 0.3 is 0 Å². The summed E-state index contributed by atoms with van der Waals surface area (Å²) in [7, 11) is 3.77. The number of amides is 1. The summed E-state index contributed by atoms with van der Waals surface area (Å²) >= 11 is 0. The van der Waals surface area contributed by atoms with Crippen molar-refractivity contribution in [2.24, 2.45) is 23.7 Å². The SMILES string of the molecule is CNC[C@@H](CC(=O)N1CCC[C@@H]([C@@](O)(CCCCOC)C2CCCCC2)C1)CC1CCCCC1. The minimum atomic E-state index is -0.625. The molecule has 0 aromatic rings. The van der Waals surface area contributed by atoms with E-state index in [1.54, 1.807) is 7.11 Å². The number of likely N-dealkylation sites (tertiary alicyclic amines) is 1. The van der Waals surface area contributed by atoms with Gasteiger partial charge in [-0.1, -0.05) is 51.4 Å². The summed E-state index contributed by atoms with van der Waals surface area (Å²) in [6, 6.07) is 0. The van der Waals surface area contributed by atoms with Gasteiger partial charge in [0, 0.05) is 39.1 Å². The highest BCUT2D eigenvalue weighted by Crippen LogP contribution is 2.43. The van der Waals surface area contributed by atoms with Crippen molar-refractivity contribution >= 4 is 5.91 Å². The lowest BCUT2D eigenvalue weighted by Crippen LogP contribution is -2.53. The van der Waals surface area contributed by atoms with Crippen LogP contribution in [0.1, 0.15) is 109 Å². The maximum atomic E-state index is 13.5. The lowest BCUT2D eigenvalue weighted by Gasteiger charge is -2.48.